The van der Waals surface area contributed by atoms with E-state index in [1.165, 1.54) is 0 Å². The average molecular weight is 261 g/mol. The number of aliphatic hydroxyl groups is 1. The molecule has 1 aliphatic rings. The van der Waals surface area contributed by atoms with Crippen LogP contribution in [0, 0.1) is 0 Å². The maximum Gasteiger partial charge on any atom is 0.317 e. The molecule has 19 heavy (non-hydrogen) atoms. The third kappa shape index (κ3) is 1.63. The number of hydrogen-bond donors (Lipinski definition) is 2. The van der Waals surface area contributed by atoms with E-state index in [1.807, 2.05) is 0 Å². The molecule has 0 aliphatic heterocycles. The Balaban J connectivity index is 2.24. The Bertz CT molecular complexity index is 665. The number of carboxylic acids is 1. The number of hydrogen-bond acceptors (Lipinski definition) is 4. The van der Waals surface area contributed by atoms with Crippen LogP contribution in [0.25, 0.3) is 5.65 Å². The van der Waals surface area contributed by atoms with Gasteiger partial charge in [0.15, 0.2) is 11.5 Å². The van der Waals surface area contributed by atoms with Gasteiger partial charge in [-0.2, -0.15) is 0 Å². The summed E-state index contributed by atoms with van der Waals surface area (Å²) in [5, 5.41) is 27.6. The van der Waals surface area contributed by atoms with Gasteiger partial charge in [0.2, 0.25) is 0 Å². The summed E-state index contributed by atoms with van der Waals surface area (Å²) in [5.41, 5.74) is -0.808. The van der Waals surface area contributed by atoms with Crippen molar-refractivity contribution in [3.05, 3.63) is 29.7 Å². The second kappa shape index (κ2) is 3.54. The molecule has 0 unspecified atom stereocenters. The second-order valence-corrected chi connectivity index (χ2v) is 5.59. The van der Waals surface area contributed by atoms with Crippen molar-refractivity contribution in [2.75, 3.05) is 0 Å². The normalized spacial score (nSPS) is 17.6. The van der Waals surface area contributed by atoms with Crippen molar-refractivity contribution in [2.45, 2.75) is 37.7 Å². The molecule has 1 saturated carbocycles. The van der Waals surface area contributed by atoms with Crippen molar-refractivity contribution in [1.82, 2.24) is 14.6 Å². The lowest BCUT2D eigenvalue weighted by atomic mass is 9.99. The first kappa shape index (κ1) is 12.1. The van der Waals surface area contributed by atoms with Crippen LogP contribution < -0.4 is 0 Å². The quantitative estimate of drug-likeness (QED) is 0.863. The molecule has 3 rings (SSSR count). The van der Waals surface area contributed by atoms with Gasteiger partial charge >= 0.3 is 5.97 Å². The molecule has 0 aromatic carbocycles. The minimum Gasteiger partial charge on any atom is -0.480 e. The van der Waals surface area contributed by atoms with Gasteiger partial charge in [-0.25, -0.2) is 0 Å². The summed E-state index contributed by atoms with van der Waals surface area (Å²) in [7, 11) is 0. The van der Waals surface area contributed by atoms with E-state index in [0.29, 0.717) is 29.9 Å². The minimum absolute atomic E-state index is 0.445. The minimum atomic E-state index is -1.05. The number of nitrogens with zero attached hydrogens (tertiary/aromatic N) is 3. The maximum atomic E-state index is 11.4. The predicted octanol–water partition coefficient (Wildman–Crippen LogP) is 1.07. The van der Waals surface area contributed by atoms with Gasteiger partial charge in [0.1, 0.15) is 5.41 Å². The molecule has 2 heterocycles. The second-order valence-electron chi connectivity index (χ2n) is 5.59. The molecule has 0 amide bonds. The van der Waals surface area contributed by atoms with Crippen molar-refractivity contribution >= 4 is 11.6 Å². The van der Waals surface area contributed by atoms with Crippen LogP contribution in [0.4, 0.5) is 0 Å². The van der Waals surface area contributed by atoms with Crippen LogP contribution in [0.15, 0.2) is 18.3 Å². The maximum absolute atomic E-state index is 11.4. The molecule has 6 heteroatoms. The molecule has 100 valence electrons. The van der Waals surface area contributed by atoms with Gasteiger partial charge in [0.25, 0.3) is 0 Å². The Kier molecular flexibility index (Phi) is 2.25. The van der Waals surface area contributed by atoms with Gasteiger partial charge in [-0.3, -0.25) is 9.20 Å². The zero-order valence-electron chi connectivity index (χ0n) is 10.8. The lowest BCUT2D eigenvalue weighted by Gasteiger charge is -2.18. The van der Waals surface area contributed by atoms with Crippen LogP contribution in [-0.2, 0) is 15.8 Å². The largest absolute Gasteiger partial charge is 0.480 e. The van der Waals surface area contributed by atoms with Gasteiger partial charge in [-0.05, 0) is 32.8 Å². The van der Waals surface area contributed by atoms with E-state index in [9.17, 15) is 15.0 Å². The molecule has 0 radical (unpaired) electrons. The van der Waals surface area contributed by atoms with Crippen LogP contribution in [0.1, 0.15) is 38.1 Å². The molecular formula is C13H15N3O3. The highest BCUT2D eigenvalue weighted by Crippen LogP contribution is 2.47. The molecule has 1 fully saturated rings. The monoisotopic (exact) mass is 261 g/mol. The number of carboxylic acid groups (broad SMARTS) is 1. The Labute approximate surface area is 109 Å². The molecule has 2 N–H and O–H groups in total. The van der Waals surface area contributed by atoms with Gasteiger partial charge in [-0.15, -0.1) is 10.2 Å². The fourth-order valence-electron chi connectivity index (χ4n) is 2.38. The van der Waals surface area contributed by atoms with Crippen molar-refractivity contribution in [1.29, 1.82) is 0 Å². The van der Waals surface area contributed by atoms with Crippen LogP contribution in [0.2, 0.25) is 0 Å². The molecule has 0 atom stereocenters. The average Bonchev–Trinajstić information content (AvgIpc) is 3.02. The van der Waals surface area contributed by atoms with Crippen molar-refractivity contribution < 1.29 is 15.0 Å². The molecule has 0 bridgehead atoms. The van der Waals surface area contributed by atoms with E-state index in [0.717, 1.165) is 0 Å². The van der Waals surface area contributed by atoms with Crippen molar-refractivity contribution in [3.63, 3.8) is 0 Å². The van der Waals surface area contributed by atoms with Crippen LogP contribution >= 0.6 is 0 Å². The third-order valence-electron chi connectivity index (χ3n) is 3.68. The summed E-state index contributed by atoms with van der Waals surface area (Å²) in [6, 6.07) is 3.54. The van der Waals surface area contributed by atoms with E-state index in [-0.39, 0.29) is 0 Å². The summed E-state index contributed by atoms with van der Waals surface area (Å²) in [5.74, 6) is -0.420. The van der Waals surface area contributed by atoms with E-state index in [2.05, 4.69) is 10.2 Å². The van der Waals surface area contributed by atoms with Gasteiger partial charge in [0, 0.05) is 11.8 Å². The Morgan fingerprint density at radius 1 is 1.42 bits per heavy atom. The van der Waals surface area contributed by atoms with Gasteiger partial charge in [-0.1, -0.05) is 6.07 Å². The highest BCUT2D eigenvalue weighted by molar-refractivity contribution is 5.84. The summed E-state index contributed by atoms with van der Waals surface area (Å²) in [6.45, 7) is 3.33. The number of aromatic nitrogens is 3. The molecule has 1 aliphatic carbocycles. The summed E-state index contributed by atoms with van der Waals surface area (Å²) >= 11 is 0. The molecule has 2 aromatic rings. The summed E-state index contributed by atoms with van der Waals surface area (Å²) in [4.78, 5) is 11.4. The number of rotatable bonds is 3. The number of fused-ring (bicyclic) bond motifs is 1. The highest BCUT2D eigenvalue weighted by atomic mass is 16.4. The first-order valence-electron chi connectivity index (χ1n) is 6.17. The molecule has 2 aromatic heterocycles. The van der Waals surface area contributed by atoms with E-state index in [1.54, 1.807) is 36.6 Å². The topological polar surface area (TPSA) is 87.7 Å². The Morgan fingerprint density at radius 2 is 2.11 bits per heavy atom. The molecule has 0 spiro atoms. The van der Waals surface area contributed by atoms with E-state index >= 15 is 0 Å². The molecule has 0 saturated heterocycles. The van der Waals surface area contributed by atoms with Crippen LogP contribution in [0.3, 0.4) is 0 Å². The van der Waals surface area contributed by atoms with Gasteiger partial charge in [0.05, 0.1) is 5.60 Å². The van der Waals surface area contributed by atoms with Crippen LogP contribution in [0.5, 0.6) is 0 Å². The first-order valence-corrected chi connectivity index (χ1v) is 6.17. The molecular weight excluding hydrogens is 246 g/mol. The van der Waals surface area contributed by atoms with Crippen molar-refractivity contribution in [2.24, 2.45) is 0 Å². The lowest BCUT2D eigenvalue weighted by molar-refractivity contribution is -0.140. The SMILES string of the molecule is CC(C)(O)c1cccn2c(C3(C(=O)O)CC3)nnc12. The Morgan fingerprint density at radius 3 is 2.63 bits per heavy atom. The first-order chi connectivity index (χ1) is 8.86. The number of carbonyl (C=O) groups is 1. The van der Waals surface area contributed by atoms with E-state index in [4.69, 9.17) is 0 Å². The van der Waals surface area contributed by atoms with Crippen molar-refractivity contribution in [3.8, 4) is 0 Å². The zero-order chi connectivity index (χ0) is 13.8. The zero-order valence-corrected chi connectivity index (χ0v) is 10.8. The van der Waals surface area contributed by atoms with Gasteiger partial charge < -0.3 is 10.2 Å². The fourth-order valence-corrected chi connectivity index (χ4v) is 2.38. The predicted molar refractivity (Wildman–Crippen MR) is 66.8 cm³/mol. The third-order valence-corrected chi connectivity index (χ3v) is 3.68. The standard InChI is InChI=1S/C13H15N3O3/c1-12(2,19)8-4-3-7-16-9(8)14-15-10(16)13(5-6-13)11(17)18/h3-4,7,19H,5-6H2,1-2H3,(H,17,18). The summed E-state index contributed by atoms with van der Waals surface area (Å²) in [6.07, 6.45) is 2.90. The fraction of sp³-hybridized carbons (Fsp3) is 0.462. The number of pyridine rings is 1. The Hall–Kier alpha value is -1.95. The lowest BCUT2D eigenvalue weighted by Crippen LogP contribution is -2.23. The highest BCUT2D eigenvalue weighted by Gasteiger charge is 2.55. The smallest absolute Gasteiger partial charge is 0.317 e. The summed E-state index contributed by atoms with van der Waals surface area (Å²) < 4.78 is 1.68. The number of aliphatic carboxylic acids is 1. The van der Waals surface area contributed by atoms with Crippen LogP contribution in [-0.4, -0.2) is 30.8 Å². The van der Waals surface area contributed by atoms with E-state index < -0.39 is 17.0 Å². The molecule has 6 nitrogen and oxygen atoms in total.